The predicted molar refractivity (Wildman–Crippen MR) is 80.3 cm³/mol. The lowest BCUT2D eigenvalue weighted by Crippen LogP contribution is -2.21. The number of aromatic nitrogens is 4. The molecule has 108 valence electrons. The number of rotatable bonds is 5. The van der Waals surface area contributed by atoms with E-state index in [0.29, 0.717) is 11.7 Å². The summed E-state index contributed by atoms with van der Waals surface area (Å²) >= 11 is 0. The molecule has 2 aromatic heterocycles. The molecule has 0 aliphatic carbocycles. The van der Waals surface area contributed by atoms with Crippen LogP contribution in [0.3, 0.4) is 0 Å². The molecule has 0 unspecified atom stereocenters. The van der Waals surface area contributed by atoms with Crippen LogP contribution in [0.5, 0.6) is 0 Å². The highest BCUT2D eigenvalue weighted by Gasteiger charge is 2.11. The summed E-state index contributed by atoms with van der Waals surface area (Å²) in [6.07, 6.45) is 1.90. The second-order valence-corrected chi connectivity index (χ2v) is 5.60. The van der Waals surface area contributed by atoms with Gasteiger partial charge in [0.1, 0.15) is 5.69 Å². The summed E-state index contributed by atoms with van der Waals surface area (Å²) in [5.74, 6) is 1.34. The van der Waals surface area contributed by atoms with Gasteiger partial charge in [0, 0.05) is 36.7 Å². The molecule has 2 heterocycles. The van der Waals surface area contributed by atoms with Gasteiger partial charge in [-0.05, 0) is 32.4 Å². The van der Waals surface area contributed by atoms with Crippen LogP contribution in [-0.2, 0) is 13.6 Å². The fourth-order valence-corrected chi connectivity index (χ4v) is 2.13. The van der Waals surface area contributed by atoms with Crippen molar-refractivity contribution < 1.29 is 0 Å². The SMILES string of the molecule is Cc1nc(-c2ccn(C)n2)nc(C)c1CNCC(C)C. The zero-order chi connectivity index (χ0) is 14.7. The van der Waals surface area contributed by atoms with Crippen LogP contribution in [0.1, 0.15) is 30.8 Å². The minimum Gasteiger partial charge on any atom is -0.312 e. The number of aryl methyl sites for hydroxylation is 3. The Balaban J connectivity index is 2.20. The van der Waals surface area contributed by atoms with Crippen molar-refractivity contribution in [1.29, 1.82) is 0 Å². The average molecular weight is 273 g/mol. The first-order chi connectivity index (χ1) is 9.47. The number of nitrogens with zero attached hydrogens (tertiary/aromatic N) is 4. The van der Waals surface area contributed by atoms with E-state index in [4.69, 9.17) is 0 Å². The second kappa shape index (κ2) is 6.13. The summed E-state index contributed by atoms with van der Waals surface area (Å²) in [4.78, 5) is 9.18. The summed E-state index contributed by atoms with van der Waals surface area (Å²) in [7, 11) is 1.90. The van der Waals surface area contributed by atoms with Crippen LogP contribution >= 0.6 is 0 Å². The Hall–Kier alpha value is -1.75. The summed E-state index contributed by atoms with van der Waals surface area (Å²) < 4.78 is 1.77. The van der Waals surface area contributed by atoms with E-state index in [1.54, 1.807) is 4.68 Å². The Morgan fingerprint density at radius 2 is 1.85 bits per heavy atom. The first-order valence-electron chi connectivity index (χ1n) is 7.02. The van der Waals surface area contributed by atoms with Gasteiger partial charge >= 0.3 is 0 Å². The van der Waals surface area contributed by atoms with Crippen molar-refractivity contribution in [2.75, 3.05) is 6.54 Å². The van der Waals surface area contributed by atoms with E-state index in [-0.39, 0.29) is 0 Å². The molecule has 0 atom stereocenters. The molecule has 0 saturated heterocycles. The number of hydrogen-bond donors (Lipinski definition) is 1. The molecule has 5 nitrogen and oxygen atoms in total. The highest BCUT2D eigenvalue weighted by atomic mass is 15.3. The lowest BCUT2D eigenvalue weighted by Gasteiger charge is -2.12. The Bertz CT molecular complexity index is 563. The van der Waals surface area contributed by atoms with Gasteiger partial charge in [-0.1, -0.05) is 13.8 Å². The average Bonchev–Trinajstić information content (AvgIpc) is 2.79. The van der Waals surface area contributed by atoms with E-state index in [1.165, 1.54) is 5.56 Å². The summed E-state index contributed by atoms with van der Waals surface area (Å²) in [6, 6.07) is 1.94. The van der Waals surface area contributed by atoms with Crippen LogP contribution in [0.15, 0.2) is 12.3 Å². The highest BCUT2D eigenvalue weighted by Crippen LogP contribution is 2.17. The molecule has 0 aliphatic rings. The molecule has 0 amide bonds. The monoisotopic (exact) mass is 273 g/mol. The molecular weight excluding hydrogens is 250 g/mol. The van der Waals surface area contributed by atoms with Crippen LogP contribution in [0.4, 0.5) is 0 Å². The molecule has 2 rings (SSSR count). The summed E-state index contributed by atoms with van der Waals surface area (Å²) in [6.45, 7) is 10.3. The van der Waals surface area contributed by atoms with Crippen molar-refractivity contribution in [1.82, 2.24) is 25.1 Å². The van der Waals surface area contributed by atoms with E-state index in [0.717, 1.165) is 30.2 Å². The van der Waals surface area contributed by atoms with E-state index in [9.17, 15) is 0 Å². The van der Waals surface area contributed by atoms with Gasteiger partial charge in [-0.25, -0.2) is 9.97 Å². The fourth-order valence-electron chi connectivity index (χ4n) is 2.13. The molecule has 0 fully saturated rings. The van der Waals surface area contributed by atoms with E-state index in [2.05, 4.69) is 34.2 Å². The quantitative estimate of drug-likeness (QED) is 0.907. The first kappa shape index (κ1) is 14.7. The number of hydrogen-bond acceptors (Lipinski definition) is 4. The van der Waals surface area contributed by atoms with Crippen LogP contribution < -0.4 is 5.32 Å². The normalized spacial score (nSPS) is 11.3. The molecule has 2 aromatic rings. The summed E-state index contributed by atoms with van der Waals surface area (Å²) in [5.41, 5.74) is 4.05. The highest BCUT2D eigenvalue weighted by molar-refractivity contribution is 5.49. The minimum absolute atomic E-state index is 0.643. The van der Waals surface area contributed by atoms with Crippen LogP contribution in [-0.4, -0.2) is 26.3 Å². The maximum atomic E-state index is 4.59. The second-order valence-electron chi connectivity index (χ2n) is 5.60. The molecule has 5 heteroatoms. The van der Waals surface area contributed by atoms with Crippen molar-refractivity contribution in [2.24, 2.45) is 13.0 Å². The molecule has 1 N–H and O–H groups in total. The lowest BCUT2D eigenvalue weighted by molar-refractivity contribution is 0.549. The first-order valence-corrected chi connectivity index (χ1v) is 7.02. The maximum Gasteiger partial charge on any atom is 0.180 e. The van der Waals surface area contributed by atoms with Crippen molar-refractivity contribution in [3.63, 3.8) is 0 Å². The topological polar surface area (TPSA) is 55.6 Å². The Morgan fingerprint density at radius 3 is 2.35 bits per heavy atom. The van der Waals surface area contributed by atoms with Gasteiger partial charge in [0.15, 0.2) is 5.82 Å². The Kier molecular flexibility index (Phi) is 4.49. The third-order valence-electron chi connectivity index (χ3n) is 3.22. The van der Waals surface area contributed by atoms with E-state index >= 15 is 0 Å². The largest absolute Gasteiger partial charge is 0.312 e. The zero-order valence-corrected chi connectivity index (χ0v) is 12.9. The van der Waals surface area contributed by atoms with Crippen LogP contribution in [0, 0.1) is 19.8 Å². The molecule has 0 aromatic carbocycles. The number of nitrogens with one attached hydrogen (secondary N) is 1. The van der Waals surface area contributed by atoms with Crippen molar-refractivity contribution in [3.8, 4) is 11.5 Å². The Labute approximate surface area is 120 Å². The van der Waals surface area contributed by atoms with Crippen LogP contribution in [0.2, 0.25) is 0 Å². The third kappa shape index (κ3) is 3.42. The maximum absolute atomic E-state index is 4.59. The van der Waals surface area contributed by atoms with Gasteiger partial charge in [0.25, 0.3) is 0 Å². The van der Waals surface area contributed by atoms with Gasteiger partial charge < -0.3 is 5.32 Å². The van der Waals surface area contributed by atoms with Gasteiger partial charge in [-0.15, -0.1) is 0 Å². The third-order valence-corrected chi connectivity index (χ3v) is 3.22. The summed E-state index contributed by atoms with van der Waals surface area (Å²) in [5, 5.41) is 7.80. The molecule has 0 spiro atoms. The zero-order valence-electron chi connectivity index (χ0n) is 12.9. The van der Waals surface area contributed by atoms with Crippen LogP contribution in [0.25, 0.3) is 11.5 Å². The molecule has 0 saturated carbocycles. The molecular formula is C15H23N5. The Morgan fingerprint density at radius 1 is 1.20 bits per heavy atom. The lowest BCUT2D eigenvalue weighted by atomic mass is 10.1. The van der Waals surface area contributed by atoms with Gasteiger partial charge in [-0.3, -0.25) is 4.68 Å². The van der Waals surface area contributed by atoms with E-state index < -0.39 is 0 Å². The standard InChI is InChI=1S/C15H23N5/c1-10(2)8-16-9-13-11(3)17-15(18-12(13)4)14-6-7-20(5)19-14/h6-7,10,16H,8-9H2,1-5H3. The van der Waals surface area contributed by atoms with E-state index in [1.807, 2.05) is 33.2 Å². The van der Waals surface area contributed by atoms with Crippen molar-refractivity contribution in [3.05, 3.63) is 29.2 Å². The van der Waals surface area contributed by atoms with Gasteiger partial charge in [0.05, 0.1) is 0 Å². The minimum atomic E-state index is 0.643. The smallest absolute Gasteiger partial charge is 0.180 e. The fraction of sp³-hybridized carbons (Fsp3) is 0.533. The molecule has 0 bridgehead atoms. The van der Waals surface area contributed by atoms with Crippen molar-refractivity contribution in [2.45, 2.75) is 34.2 Å². The van der Waals surface area contributed by atoms with Gasteiger partial charge in [0.2, 0.25) is 0 Å². The molecule has 0 aliphatic heterocycles. The predicted octanol–water partition coefficient (Wildman–Crippen LogP) is 2.24. The van der Waals surface area contributed by atoms with Crippen molar-refractivity contribution >= 4 is 0 Å². The molecule has 20 heavy (non-hydrogen) atoms. The van der Waals surface area contributed by atoms with Gasteiger partial charge in [-0.2, -0.15) is 5.10 Å². The molecule has 0 radical (unpaired) electrons.